The lowest BCUT2D eigenvalue weighted by atomic mass is 10.1. The number of rotatable bonds is 2. The van der Waals surface area contributed by atoms with Gasteiger partial charge in [0.1, 0.15) is 11.4 Å². The molecule has 0 amide bonds. The number of fused-ring (bicyclic) bond motifs is 1. The summed E-state index contributed by atoms with van der Waals surface area (Å²) >= 11 is 6.67. The number of aryl methyl sites for hydroxylation is 1. The van der Waals surface area contributed by atoms with Gasteiger partial charge >= 0.3 is 0 Å². The van der Waals surface area contributed by atoms with Gasteiger partial charge < -0.3 is 0 Å². The molecular formula is C17H12ClN5. The predicted octanol–water partition coefficient (Wildman–Crippen LogP) is 3.75. The molecular weight excluding hydrogens is 310 g/mol. The van der Waals surface area contributed by atoms with Crippen LogP contribution in [0, 0.1) is 0 Å². The van der Waals surface area contributed by atoms with Gasteiger partial charge in [0.05, 0.1) is 10.4 Å². The van der Waals surface area contributed by atoms with Gasteiger partial charge in [-0.3, -0.25) is 4.98 Å². The van der Waals surface area contributed by atoms with Crippen molar-refractivity contribution in [2.24, 2.45) is 7.05 Å². The van der Waals surface area contributed by atoms with Crippen LogP contribution in [0.2, 0.25) is 5.02 Å². The Bertz CT molecular complexity index is 980. The van der Waals surface area contributed by atoms with Gasteiger partial charge in [-0.1, -0.05) is 41.9 Å². The smallest absolute Gasteiger partial charge is 0.182 e. The highest BCUT2D eigenvalue weighted by atomic mass is 35.5. The van der Waals surface area contributed by atoms with Crippen LogP contribution in [-0.2, 0) is 7.05 Å². The van der Waals surface area contributed by atoms with E-state index in [1.807, 2.05) is 49.5 Å². The summed E-state index contributed by atoms with van der Waals surface area (Å²) in [5.41, 5.74) is 3.87. The van der Waals surface area contributed by atoms with Crippen molar-refractivity contribution in [1.82, 2.24) is 25.0 Å². The van der Waals surface area contributed by atoms with E-state index in [4.69, 9.17) is 11.6 Å². The van der Waals surface area contributed by atoms with Crippen molar-refractivity contribution in [3.8, 4) is 22.5 Å². The fraction of sp³-hybridized carbons (Fsp3) is 0.0588. The van der Waals surface area contributed by atoms with Crippen LogP contribution in [-0.4, -0.2) is 25.0 Å². The molecule has 0 N–H and O–H groups in total. The zero-order valence-corrected chi connectivity index (χ0v) is 13.1. The second-order valence-electron chi connectivity index (χ2n) is 5.14. The lowest BCUT2D eigenvalue weighted by Gasteiger charge is -2.04. The van der Waals surface area contributed by atoms with Crippen molar-refractivity contribution < 1.29 is 0 Å². The Hall–Kier alpha value is -2.79. The molecule has 0 aliphatic carbocycles. The van der Waals surface area contributed by atoms with Crippen molar-refractivity contribution in [2.45, 2.75) is 0 Å². The van der Waals surface area contributed by atoms with E-state index in [1.165, 1.54) is 0 Å². The van der Waals surface area contributed by atoms with Crippen molar-refractivity contribution in [1.29, 1.82) is 0 Å². The topological polar surface area (TPSA) is 56.5 Å². The van der Waals surface area contributed by atoms with Crippen molar-refractivity contribution >= 4 is 22.6 Å². The molecule has 0 fully saturated rings. The summed E-state index contributed by atoms with van der Waals surface area (Å²) in [6.45, 7) is 0. The van der Waals surface area contributed by atoms with Crippen molar-refractivity contribution in [3.63, 3.8) is 0 Å². The summed E-state index contributed by atoms with van der Waals surface area (Å²) < 4.78 is 1.69. The second kappa shape index (κ2) is 5.44. The standard InChI is InChI=1S/C17H12ClN5/c1-23-17-13(15(22-23)12-8-5-9-19-10-12)14(18)16(20-21-17)11-6-3-2-4-7-11/h2-10H,1H3. The molecule has 1 aromatic carbocycles. The third kappa shape index (κ3) is 2.26. The molecule has 0 saturated heterocycles. The molecule has 0 radical (unpaired) electrons. The van der Waals surface area contributed by atoms with Crippen LogP contribution in [0.4, 0.5) is 0 Å². The third-order valence-electron chi connectivity index (χ3n) is 3.67. The molecule has 0 bridgehead atoms. The minimum absolute atomic E-state index is 0.549. The Kier molecular flexibility index (Phi) is 3.28. The summed E-state index contributed by atoms with van der Waals surface area (Å²) in [5.74, 6) is 0. The van der Waals surface area contributed by atoms with Crippen LogP contribution in [0.1, 0.15) is 0 Å². The van der Waals surface area contributed by atoms with Gasteiger partial charge in [0, 0.05) is 30.6 Å². The van der Waals surface area contributed by atoms with Crippen LogP contribution in [0.5, 0.6) is 0 Å². The first-order valence-corrected chi connectivity index (χ1v) is 7.48. The average Bonchev–Trinajstić information content (AvgIpc) is 2.95. The van der Waals surface area contributed by atoms with E-state index in [9.17, 15) is 0 Å². The van der Waals surface area contributed by atoms with Crippen LogP contribution in [0.15, 0.2) is 54.9 Å². The highest BCUT2D eigenvalue weighted by molar-refractivity contribution is 6.38. The molecule has 0 saturated carbocycles. The number of pyridine rings is 1. The summed E-state index contributed by atoms with van der Waals surface area (Å²) in [6, 6.07) is 13.6. The summed E-state index contributed by atoms with van der Waals surface area (Å²) in [5, 5.41) is 14.5. The highest BCUT2D eigenvalue weighted by Gasteiger charge is 2.19. The van der Waals surface area contributed by atoms with E-state index in [0.29, 0.717) is 16.4 Å². The molecule has 112 valence electrons. The summed E-state index contributed by atoms with van der Waals surface area (Å²) in [4.78, 5) is 4.16. The van der Waals surface area contributed by atoms with Crippen LogP contribution < -0.4 is 0 Å². The molecule has 6 heteroatoms. The summed E-state index contributed by atoms with van der Waals surface area (Å²) in [7, 11) is 1.83. The van der Waals surface area contributed by atoms with Crippen molar-refractivity contribution in [2.75, 3.05) is 0 Å². The lowest BCUT2D eigenvalue weighted by Crippen LogP contribution is -1.95. The molecule has 23 heavy (non-hydrogen) atoms. The molecule has 0 unspecified atom stereocenters. The molecule has 0 aliphatic rings. The van der Waals surface area contributed by atoms with E-state index in [1.54, 1.807) is 17.1 Å². The minimum atomic E-state index is 0.549. The molecule has 0 spiro atoms. The Balaban J connectivity index is 2.03. The normalized spacial score (nSPS) is 11.0. The van der Waals surface area contributed by atoms with E-state index in [-0.39, 0.29) is 0 Å². The molecule has 4 aromatic rings. The van der Waals surface area contributed by atoms with Crippen molar-refractivity contribution in [3.05, 3.63) is 59.9 Å². The van der Waals surface area contributed by atoms with Gasteiger partial charge in [0.15, 0.2) is 5.65 Å². The number of nitrogens with zero attached hydrogens (tertiary/aromatic N) is 5. The van der Waals surface area contributed by atoms with E-state index in [0.717, 1.165) is 22.2 Å². The first kappa shape index (κ1) is 13.8. The quantitative estimate of drug-likeness (QED) is 0.564. The molecule has 0 atom stereocenters. The first-order valence-electron chi connectivity index (χ1n) is 7.10. The first-order chi connectivity index (χ1) is 11.3. The maximum atomic E-state index is 6.67. The summed E-state index contributed by atoms with van der Waals surface area (Å²) in [6.07, 6.45) is 3.49. The zero-order valence-electron chi connectivity index (χ0n) is 12.3. The van der Waals surface area contributed by atoms with Gasteiger partial charge in [0.25, 0.3) is 0 Å². The Labute approximate surface area is 137 Å². The maximum Gasteiger partial charge on any atom is 0.182 e. The van der Waals surface area contributed by atoms with Crippen LogP contribution in [0.25, 0.3) is 33.5 Å². The number of aromatic nitrogens is 5. The van der Waals surface area contributed by atoms with Crippen LogP contribution in [0.3, 0.4) is 0 Å². The van der Waals surface area contributed by atoms with Gasteiger partial charge in [-0.25, -0.2) is 4.68 Å². The van der Waals surface area contributed by atoms with Crippen LogP contribution >= 0.6 is 11.6 Å². The monoisotopic (exact) mass is 321 g/mol. The SMILES string of the molecule is Cn1nc(-c2cccnc2)c2c(Cl)c(-c3ccccc3)nnc21. The van der Waals surface area contributed by atoms with Gasteiger partial charge in [-0.05, 0) is 12.1 Å². The van der Waals surface area contributed by atoms with E-state index in [2.05, 4.69) is 20.3 Å². The van der Waals surface area contributed by atoms with Gasteiger partial charge in [-0.2, -0.15) is 5.10 Å². The Morgan fingerprint density at radius 1 is 0.913 bits per heavy atom. The Morgan fingerprint density at radius 2 is 1.70 bits per heavy atom. The largest absolute Gasteiger partial charge is 0.264 e. The zero-order chi connectivity index (χ0) is 15.8. The minimum Gasteiger partial charge on any atom is -0.264 e. The lowest BCUT2D eigenvalue weighted by molar-refractivity contribution is 0.781. The molecule has 0 aliphatic heterocycles. The molecule has 4 rings (SSSR count). The van der Waals surface area contributed by atoms with E-state index < -0.39 is 0 Å². The molecule has 5 nitrogen and oxygen atoms in total. The number of hydrogen-bond donors (Lipinski definition) is 0. The van der Waals surface area contributed by atoms with Gasteiger partial charge in [-0.15, -0.1) is 10.2 Å². The number of halogens is 1. The number of hydrogen-bond acceptors (Lipinski definition) is 4. The third-order valence-corrected chi connectivity index (χ3v) is 4.04. The number of benzene rings is 1. The second-order valence-corrected chi connectivity index (χ2v) is 5.52. The molecule has 3 heterocycles. The molecule has 3 aromatic heterocycles. The van der Waals surface area contributed by atoms with Gasteiger partial charge in [0.2, 0.25) is 0 Å². The Morgan fingerprint density at radius 3 is 2.43 bits per heavy atom. The van der Waals surface area contributed by atoms with E-state index >= 15 is 0 Å². The highest BCUT2D eigenvalue weighted by Crippen LogP contribution is 2.36. The fourth-order valence-electron chi connectivity index (χ4n) is 2.58. The predicted molar refractivity (Wildman–Crippen MR) is 90.0 cm³/mol. The average molecular weight is 322 g/mol. The fourth-order valence-corrected chi connectivity index (χ4v) is 2.90. The maximum absolute atomic E-state index is 6.67.